The van der Waals surface area contributed by atoms with Crippen LogP contribution in [-0.2, 0) is 22.1 Å². The van der Waals surface area contributed by atoms with E-state index in [9.17, 15) is 18.0 Å². The molecule has 0 aliphatic heterocycles. The molecule has 0 bridgehead atoms. The predicted octanol–water partition coefficient (Wildman–Crippen LogP) is 7.03. The highest BCUT2D eigenvalue weighted by atomic mass is 19.4. The van der Waals surface area contributed by atoms with Gasteiger partial charge in [-0.3, -0.25) is 4.79 Å². The first kappa shape index (κ1) is 27.9. The maximum Gasteiger partial charge on any atom is 0.416 e. The van der Waals surface area contributed by atoms with E-state index in [0.717, 1.165) is 23.3 Å². The fourth-order valence-corrected chi connectivity index (χ4v) is 3.88. The van der Waals surface area contributed by atoms with E-state index in [1.165, 1.54) is 20.3 Å². The van der Waals surface area contributed by atoms with Crippen LogP contribution in [0.2, 0.25) is 0 Å². The van der Waals surface area contributed by atoms with Crippen molar-refractivity contribution in [3.8, 4) is 28.4 Å². The van der Waals surface area contributed by atoms with Crippen molar-refractivity contribution in [3.05, 3.63) is 77.4 Å². The molecule has 0 fully saturated rings. The topological polar surface area (TPSA) is 54.0 Å². The number of carbonyl (C=O) groups is 1. The molecule has 5 nitrogen and oxygen atoms in total. The molecule has 0 N–H and O–H groups in total. The van der Waals surface area contributed by atoms with E-state index in [-0.39, 0.29) is 12.1 Å². The van der Waals surface area contributed by atoms with E-state index < -0.39 is 11.7 Å². The smallest absolute Gasteiger partial charge is 0.416 e. The molecule has 0 saturated carbocycles. The lowest BCUT2D eigenvalue weighted by Gasteiger charge is -2.20. The summed E-state index contributed by atoms with van der Waals surface area (Å²) in [7, 11) is 2.84. The Balaban J connectivity index is 1.67. The highest BCUT2D eigenvalue weighted by Gasteiger charge is 2.31. The van der Waals surface area contributed by atoms with Gasteiger partial charge in [0.25, 0.3) is 0 Å². The van der Waals surface area contributed by atoms with E-state index in [1.807, 2.05) is 32.0 Å². The molecular weight excluding hydrogens is 485 g/mol. The van der Waals surface area contributed by atoms with E-state index in [0.29, 0.717) is 54.2 Å². The summed E-state index contributed by atoms with van der Waals surface area (Å²) < 4.78 is 62.3. The molecule has 0 radical (unpaired) electrons. The largest absolute Gasteiger partial charge is 0.496 e. The summed E-state index contributed by atoms with van der Waals surface area (Å²) >= 11 is 0. The van der Waals surface area contributed by atoms with Crippen LogP contribution in [-0.4, -0.2) is 32.9 Å². The average Bonchev–Trinajstić information content (AvgIpc) is 2.87. The first-order chi connectivity index (χ1) is 17.6. The van der Waals surface area contributed by atoms with Crippen molar-refractivity contribution in [1.29, 1.82) is 0 Å². The molecule has 0 aliphatic rings. The third kappa shape index (κ3) is 7.65. The van der Waals surface area contributed by atoms with Crippen LogP contribution in [0, 0.1) is 6.92 Å². The molecule has 0 aromatic heterocycles. The van der Waals surface area contributed by atoms with Crippen LogP contribution in [0.3, 0.4) is 0 Å². The van der Waals surface area contributed by atoms with Gasteiger partial charge < -0.3 is 18.9 Å². The number of aryl methyl sites for hydroxylation is 2. The number of halogens is 3. The van der Waals surface area contributed by atoms with Gasteiger partial charge in [0, 0.05) is 24.0 Å². The third-order valence-electron chi connectivity index (χ3n) is 5.97. The third-order valence-corrected chi connectivity index (χ3v) is 5.97. The fraction of sp³-hybridized carbons (Fsp3) is 0.345. The number of esters is 1. The molecule has 37 heavy (non-hydrogen) atoms. The first-order valence-corrected chi connectivity index (χ1v) is 11.9. The zero-order chi connectivity index (χ0) is 27.0. The molecule has 1 atom stereocenters. The Hall–Kier alpha value is -3.68. The summed E-state index contributed by atoms with van der Waals surface area (Å²) in [6.45, 7) is 4.15. The van der Waals surface area contributed by atoms with Crippen molar-refractivity contribution in [1.82, 2.24) is 0 Å². The zero-order valence-corrected chi connectivity index (χ0v) is 21.4. The minimum absolute atomic E-state index is 0.254. The fourth-order valence-electron chi connectivity index (χ4n) is 3.88. The van der Waals surface area contributed by atoms with Crippen LogP contribution in [0.15, 0.2) is 60.7 Å². The van der Waals surface area contributed by atoms with Crippen molar-refractivity contribution in [2.75, 3.05) is 20.8 Å². The second-order valence-electron chi connectivity index (χ2n) is 8.64. The highest BCUT2D eigenvalue weighted by Crippen LogP contribution is 2.41. The monoisotopic (exact) mass is 516 g/mol. The van der Waals surface area contributed by atoms with Gasteiger partial charge in [-0.2, -0.15) is 13.2 Å². The number of benzene rings is 3. The Morgan fingerprint density at radius 3 is 2.38 bits per heavy atom. The van der Waals surface area contributed by atoms with Gasteiger partial charge in [0.15, 0.2) is 0 Å². The number of alkyl halides is 3. The normalized spacial score (nSPS) is 12.1. The maximum absolute atomic E-state index is 13.4. The maximum atomic E-state index is 13.4. The zero-order valence-electron chi connectivity index (χ0n) is 21.4. The van der Waals surface area contributed by atoms with Crippen molar-refractivity contribution in [2.24, 2.45) is 0 Å². The van der Waals surface area contributed by atoms with Crippen molar-refractivity contribution in [2.45, 2.75) is 45.4 Å². The molecule has 3 aromatic rings. The van der Waals surface area contributed by atoms with Crippen molar-refractivity contribution in [3.63, 3.8) is 0 Å². The SMILES string of the molecule is COC(=O)CCc1ccc(OCC[C@@H](C)Oc2ccc(C(F)(F)F)cc2-c2ccccc2OC)cc1C. The Bertz CT molecular complexity index is 1210. The quantitative estimate of drug-likeness (QED) is 0.256. The van der Waals surface area contributed by atoms with Crippen LogP contribution in [0.1, 0.15) is 36.5 Å². The number of ether oxygens (including phenoxy) is 4. The molecule has 8 heteroatoms. The van der Waals surface area contributed by atoms with Crippen molar-refractivity contribution < 1.29 is 36.9 Å². The molecule has 0 amide bonds. The first-order valence-electron chi connectivity index (χ1n) is 11.9. The van der Waals surface area contributed by atoms with Crippen molar-refractivity contribution >= 4 is 5.97 Å². The lowest BCUT2D eigenvalue weighted by Crippen LogP contribution is -2.16. The molecule has 0 saturated heterocycles. The van der Waals surface area contributed by atoms with Crippen LogP contribution < -0.4 is 14.2 Å². The summed E-state index contributed by atoms with van der Waals surface area (Å²) in [6, 6.07) is 16.0. The van der Waals surface area contributed by atoms with Crippen LogP contribution in [0.4, 0.5) is 13.2 Å². The Kier molecular flexibility index (Phi) is 9.44. The highest BCUT2D eigenvalue weighted by molar-refractivity contribution is 5.76. The molecule has 0 heterocycles. The second kappa shape index (κ2) is 12.5. The number of hydrogen-bond acceptors (Lipinski definition) is 5. The second-order valence-corrected chi connectivity index (χ2v) is 8.64. The number of rotatable bonds is 11. The number of para-hydroxylation sites is 1. The lowest BCUT2D eigenvalue weighted by atomic mass is 10.0. The summed E-state index contributed by atoms with van der Waals surface area (Å²) in [4.78, 5) is 11.4. The Morgan fingerprint density at radius 1 is 0.946 bits per heavy atom. The van der Waals surface area contributed by atoms with Crippen LogP contribution in [0.5, 0.6) is 17.2 Å². The van der Waals surface area contributed by atoms with E-state index >= 15 is 0 Å². The van der Waals surface area contributed by atoms with Gasteiger partial charge in [0.2, 0.25) is 0 Å². The Morgan fingerprint density at radius 2 is 1.70 bits per heavy atom. The van der Waals surface area contributed by atoms with Gasteiger partial charge in [-0.05, 0) is 67.8 Å². The number of carbonyl (C=O) groups excluding carboxylic acids is 1. The summed E-state index contributed by atoms with van der Waals surface area (Å²) in [6.07, 6.45) is -3.40. The molecule has 198 valence electrons. The summed E-state index contributed by atoms with van der Waals surface area (Å²) in [5.74, 6) is 1.22. The summed E-state index contributed by atoms with van der Waals surface area (Å²) in [5, 5.41) is 0. The van der Waals surface area contributed by atoms with Gasteiger partial charge in [-0.1, -0.05) is 24.3 Å². The minimum atomic E-state index is -4.48. The molecule has 3 aromatic carbocycles. The Labute approximate surface area is 215 Å². The van der Waals surface area contributed by atoms with E-state index in [4.69, 9.17) is 14.2 Å². The van der Waals surface area contributed by atoms with Gasteiger partial charge in [0.1, 0.15) is 17.2 Å². The molecule has 0 aliphatic carbocycles. The van der Waals surface area contributed by atoms with Gasteiger partial charge in [-0.15, -0.1) is 0 Å². The van der Waals surface area contributed by atoms with Crippen LogP contribution in [0.25, 0.3) is 11.1 Å². The van der Waals surface area contributed by atoms with E-state index in [2.05, 4.69) is 4.74 Å². The molecular formula is C29H31F3O5. The summed E-state index contributed by atoms with van der Waals surface area (Å²) in [5.41, 5.74) is 2.11. The predicted molar refractivity (Wildman–Crippen MR) is 135 cm³/mol. The number of methoxy groups -OCH3 is 2. The van der Waals surface area contributed by atoms with Gasteiger partial charge >= 0.3 is 12.1 Å². The number of hydrogen-bond donors (Lipinski definition) is 0. The molecule has 0 spiro atoms. The average molecular weight is 517 g/mol. The lowest BCUT2D eigenvalue weighted by molar-refractivity contribution is -0.140. The minimum Gasteiger partial charge on any atom is -0.496 e. The van der Waals surface area contributed by atoms with Gasteiger partial charge in [0.05, 0.1) is 32.5 Å². The molecule has 0 unspecified atom stereocenters. The standard InChI is InChI=1S/C29H31F3O5/c1-19-17-23(12-9-21(19)10-14-28(33)35-4)36-16-15-20(2)37-27-13-11-22(29(30,31)32)18-25(27)24-7-5-6-8-26(24)34-3/h5-9,11-13,17-18,20H,10,14-16H2,1-4H3/t20-/m1/s1. The van der Waals surface area contributed by atoms with Gasteiger partial charge in [-0.25, -0.2) is 0 Å². The van der Waals surface area contributed by atoms with Crippen LogP contribution >= 0.6 is 0 Å². The molecule has 3 rings (SSSR count). The van der Waals surface area contributed by atoms with E-state index in [1.54, 1.807) is 24.3 Å².